The minimum atomic E-state index is -0.911. The van der Waals surface area contributed by atoms with Crippen molar-refractivity contribution in [1.82, 2.24) is 24.2 Å². The first-order valence-electron chi connectivity index (χ1n) is 7.48. The number of nitriles is 1. The highest BCUT2D eigenvalue weighted by atomic mass is 16.2. The Hall–Kier alpha value is -3.15. The van der Waals surface area contributed by atoms with E-state index in [1.807, 2.05) is 0 Å². The Morgan fingerprint density at radius 3 is 3.04 bits per heavy atom. The van der Waals surface area contributed by atoms with Crippen molar-refractivity contribution in [1.29, 1.82) is 5.26 Å². The largest absolute Gasteiger partial charge is 0.367 e. The minimum Gasteiger partial charge on any atom is -0.367 e. The molecule has 1 aliphatic rings. The molecule has 0 aliphatic carbocycles. The Balaban J connectivity index is 1.64. The number of aryl methyl sites for hydroxylation is 1. The lowest BCUT2D eigenvalue weighted by Crippen LogP contribution is -2.47. The van der Waals surface area contributed by atoms with Crippen LogP contribution in [-0.4, -0.2) is 42.6 Å². The monoisotopic (exact) mass is 326 g/mol. The van der Waals surface area contributed by atoms with Gasteiger partial charge in [0, 0.05) is 25.8 Å². The highest BCUT2D eigenvalue weighted by Crippen LogP contribution is 2.24. The van der Waals surface area contributed by atoms with Crippen molar-refractivity contribution in [2.45, 2.75) is 25.6 Å². The van der Waals surface area contributed by atoms with Crippen molar-refractivity contribution in [2.75, 3.05) is 6.54 Å². The van der Waals surface area contributed by atoms with Gasteiger partial charge in [-0.05, 0) is 18.6 Å². The Labute approximate surface area is 138 Å². The minimum absolute atomic E-state index is 0.279. The Kier molecular flexibility index (Phi) is 4.29. The summed E-state index contributed by atoms with van der Waals surface area (Å²) in [6.07, 6.45) is 5.25. The Bertz CT molecular complexity index is 801. The summed E-state index contributed by atoms with van der Waals surface area (Å²) in [7, 11) is 0. The average molecular weight is 326 g/mol. The van der Waals surface area contributed by atoms with E-state index in [2.05, 4.69) is 16.3 Å². The molecule has 1 radical (unpaired) electrons. The van der Waals surface area contributed by atoms with Gasteiger partial charge < -0.3 is 19.8 Å². The summed E-state index contributed by atoms with van der Waals surface area (Å²) in [5.74, 6) is -0.533. The van der Waals surface area contributed by atoms with E-state index in [0.717, 1.165) is 0 Å². The van der Waals surface area contributed by atoms with Crippen LogP contribution in [0.5, 0.6) is 0 Å². The summed E-state index contributed by atoms with van der Waals surface area (Å²) in [6, 6.07) is 4.66. The van der Waals surface area contributed by atoms with E-state index in [-0.39, 0.29) is 5.91 Å². The van der Waals surface area contributed by atoms with Crippen LogP contribution >= 0.6 is 0 Å². The molecule has 0 saturated carbocycles. The number of fused-ring (bicyclic) bond motifs is 1. The second-order valence-corrected chi connectivity index (χ2v) is 5.41. The smallest absolute Gasteiger partial charge is 0.248 e. The lowest BCUT2D eigenvalue weighted by Gasteiger charge is -2.33. The molecule has 123 valence electrons. The van der Waals surface area contributed by atoms with Gasteiger partial charge in [0.2, 0.25) is 11.8 Å². The van der Waals surface area contributed by atoms with Crippen LogP contribution in [0.3, 0.4) is 0 Å². The molecule has 0 bridgehead atoms. The van der Waals surface area contributed by atoms with E-state index < -0.39 is 11.9 Å². The summed E-state index contributed by atoms with van der Waals surface area (Å²) >= 11 is 0. The number of hydrogen-bond donors (Lipinski definition) is 1. The molecule has 0 saturated heterocycles. The van der Waals surface area contributed by atoms with Gasteiger partial charge in [-0.25, -0.2) is 0 Å². The van der Waals surface area contributed by atoms with Crippen molar-refractivity contribution >= 4 is 11.8 Å². The fourth-order valence-corrected chi connectivity index (χ4v) is 2.81. The first-order chi connectivity index (χ1) is 11.6. The molecule has 24 heavy (non-hydrogen) atoms. The predicted octanol–water partition coefficient (Wildman–Crippen LogP) is -0.386. The van der Waals surface area contributed by atoms with Gasteiger partial charge in [-0.2, -0.15) is 5.26 Å². The van der Waals surface area contributed by atoms with E-state index in [9.17, 15) is 9.59 Å². The summed E-state index contributed by atoms with van der Waals surface area (Å²) < 4.78 is 3.49. The first kappa shape index (κ1) is 15.7. The Morgan fingerprint density at radius 1 is 1.46 bits per heavy atom. The quantitative estimate of drug-likeness (QED) is 0.802. The number of primary amides is 1. The highest BCUT2D eigenvalue weighted by molar-refractivity contribution is 5.91. The molecule has 0 aromatic carbocycles. The molecule has 1 unspecified atom stereocenters. The normalized spacial score (nSPS) is 16.5. The first-order valence-corrected chi connectivity index (χ1v) is 7.48. The molecular formula is C15H16N7O2. The van der Waals surface area contributed by atoms with E-state index in [1.165, 1.54) is 17.6 Å². The van der Waals surface area contributed by atoms with E-state index in [4.69, 9.17) is 11.0 Å². The van der Waals surface area contributed by atoms with Gasteiger partial charge in [0.15, 0.2) is 11.9 Å². The molecule has 3 heterocycles. The van der Waals surface area contributed by atoms with Crippen LogP contribution in [-0.2, 0) is 22.7 Å². The molecular weight excluding hydrogens is 310 g/mol. The maximum Gasteiger partial charge on any atom is 0.248 e. The Morgan fingerprint density at radius 2 is 2.29 bits per heavy atom. The summed E-state index contributed by atoms with van der Waals surface area (Å²) in [4.78, 5) is 25.6. The van der Waals surface area contributed by atoms with Gasteiger partial charge in [-0.3, -0.25) is 9.59 Å². The van der Waals surface area contributed by atoms with Crippen LogP contribution < -0.4 is 5.73 Å². The summed E-state index contributed by atoms with van der Waals surface area (Å²) in [5.41, 5.74) is 5.98. The van der Waals surface area contributed by atoms with Gasteiger partial charge in [0.25, 0.3) is 0 Å². The number of aromatic nitrogens is 4. The van der Waals surface area contributed by atoms with Crippen molar-refractivity contribution < 1.29 is 9.59 Å². The van der Waals surface area contributed by atoms with Crippen LogP contribution in [0, 0.1) is 17.8 Å². The third kappa shape index (κ3) is 2.86. The maximum atomic E-state index is 12.5. The SMILES string of the molecule is N#Cc1cccn1CC[CH]C(=O)N1CCn2cnnc2C1C(N)=O. The number of nitrogens with two attached hydrogens (primary N) is 1. The molecule has 9 nitrogen and oxygen atoms in total. The molecule has 9 heteroatoms. The lowest BCUT2D eigenvalue weighted by molar-refractivity contribution is -0.138. The fraction of sp³-hybridized carbons (Fsp3) is 0.333. The number of rotatable bonds is 5. The zero-order chi connectivity index (χ0) is 17.1. The molecule has 2 N–H and O–H groups in total. The molecule has 1 atom stereocenters. The van der Waals surface area contributed by atoms with Gasteiger partial charge in [-0.1, -0.05) is 0 Å². The average Bonchev–Trinajstić information content (AvgIpc) is 3.21. The van der Waals surface area contributed by atoms with Crippen molar-refractivity contribution in [3.8, 4) is 6.07 Å². The summed E-state index contributed by atoms with van der Waals surface area (Å²) in [6.45, 7) is 1.38. The summed E-state index contributed by atoms with van der Waals surface area (Å²) in [5, 5.41) is 16.6. The second-order valence-electron chi connectivity index (χ2n) is 5.41. The van der Waals surface area contributed by atoms with Crippen LogP contribution in [0.1, 0.15) is 24.0 Å². The van der Waals surface area contributed by atoms with Crippen molar-refractivity contribution in [3.05, 3.63) is 42.6 Å². The number of amides is 2. The third-order valence-electron chi connectivity index (χ3n) is 3.97. The van der Waals surface area contributed by atoms with Crippen molar-refractivity contribution in [3.63, 3.8) is 0 Å². The van der Waals surface area contributed by atoms with Crippen LogP contribution in [0.2, 0.25) is 0 Å². The van der Waals surface area contributed by atoms with Gasteiger partial charge in [0.1, 0.15) is 18.1 Å². The van der Waals surface area contributed by atoms with Gasteiger partial charge in [-0.15, -0.1) is 10.2 Å². The van der Waals surface area contributed by atoms with E-state index >= 15 is 0 Å². The number of carbonyl (C=O) groups excluding carboxylic acids is 2. The lowest BCUT2D eigenvalue weighted by atomic mass is 10.1. The van der Waals surface area contributed by atoms with E-state index in [0.29, 0.717) is 37.6 Å². The predicted molar refractivity (Wildman–Crippen MR) is 81.7 cm³/mol. The third-order valence-corrected chi connectivity index (χ3v) is 3.97. The number of nitrogens with zero attached hydrogens (tertiary/aromatic N) is 6. The standard InChI is InChI=1S/C15H16N7O2/c16-9-11-3-1-5-20(11)6-2-4-12(23)22-8-7-21-10-18-19-15(21)13(22)14(17)24/h1,3-5,10,13H,2,6-8H2,(H2,17,24). The zero-order valence-corrected chi connectivity index (χ0v) is 12.9. The van der Waals surface area contributed by atoms with Crippen LogP contribution in [0.25, 0.3) is 0 Å². The van der Waals surface area contributed by atoms with Crippen molar-refractivity contribution in [2.24, 2.45) is 5.73 Å². The second kappa shape index (κ2) is 6.54. The molecule has 2 aromatic rings. The van der Waals surface area contributed by atoms with Gasteiger partial charge in [0.05, 0.1) is 6.42 Å². The molecule has 0 fully saturated rings. The van der Waals surface area contributed by atoms with Gasteiger partial charge >= 0.3 is 0 Å². The van der Waals surface area contributed by atoms with Crippen LogP contribution in [0.15, 0.2) is 24.7 Å². The molecule has 2 amide bonds. The molecule has 0 spiro atoms. The molecule has 1 aliphatic heterocycles. The number of carbonyl (C=O) groups is 2. The van der Waals surface area contributed by atoms with E-state index in [1.54, 1.807) is 27.5 Å². The van der Waals surface area contributed by atoms with Crippen LogP contribution in [0.4, 0.5) is 0 Å². The fourth-order valence-electron chi connectivity index (χ4n) is 2.81. The maximum absolute atomic E-state index is 12.5. The molecule has 2 aromatic heterocycles. The molecule has 3 rings (SSSR count). The zero-order valence-electron chi connectivity index (χ0n) is 12.9. The number of hydrogen-bond acceptors (Lipinski definition) is 5. The highest BCUT2D eigenvalue weighted by Gasteiger charge is 2.36. The topological polar surface area (TPSA) is 123 Å².